The number of hydrogen-bond acceptors (Lipinski definition) is 2. The molecule has 4 heteroatoms. The Balaban J connectivity index is 2.12. The minimum Gasteiger partial charge on any atom is -0.490 e. The van der Waals surface area contributed by atoms with Crippen LogP contribution in [0.1, 0.15) is 38.3 Å². The van der Waals surface area contributed by atoms with Crippen LogP contribution in [-0.2, 0) is 0 Å². The molecular weight excluding hydrogens is 253 g/mol. The predicted molar refractivity (Wildman–Crippen MR) is 71.2 cm³/mol. The van der Waals surface area contributed by atoms with Gasteiger partial charge in [-0.2, -0.15) is 0 Å². The number of nitrogens with one attached hydrogen (secondary N) is 1. The van der Waals surface area contributed by atoms with E-state index in [2.05, 4.69) is 18.7 Å². The van der Waals surface area contributed by atoms with E-state index in [0.717, 1.165) is 5.56 Å². The van der Waals surface area contributed by atoms with Crippen LogP contribution in [0.4, 0.5) is 4.39 Å². The van der Waals surface area contributed by atoms with Gasteiger partial charge in [0.1, 0.15) is 0 Å². The molecule has 0 aromatic heterocycles. The van der Waals surface area contributed by atoms with Gasteiger partial charge < -0.3 is 4.74 Å². The standard InChI is InChI=1S/C14H19ClFNO/c1-9(2)14(17-15)11-5-6-12(16)13(7-11)18-8-10-3-4-10/h5-7,9-10,14,17H,3-4,8H2,1-2H3/t14-/m0/s1. The van der Waals surface area contributed by atoms with Crippen LogP contribution in [-0.4, -0.2) is 6.61 Å². The van der Waals surface area contributed by atoms with E-state index in [1.807, 2.05) is 0 Å². The predicted octanol–water partition coefficient (Wildman–Crippen LogP) is 4.06. The van der Waals surface area contributed by atoms with Gasteiger partial charge in [0.25, 0.3) is 0 Å². The van der Waals surface area contributed by atoms with Crippen LogP contribution in [0.2, 0.25) is 0 Å². The van der Waals surface area contributed by atoms with Crippen LogP contribution in [0, 0.1) is 17.7 Å². The Morgan fingerprint density at radius 3 is 2.72 bits per heavy atom. The third-order valence-corrected chi connectivity index (χ3v) is 3.51. The molecule has 0 unspecified atom stereocenters. The maximum atomic E-state index is 13.6. The van der Waals surface area contributed by atoms with Crippen molar-refractivity contribution in [3.63, 3.8) is 0 Å². The molecule has 1 fully saturated rings. The van der Waals surface area contributed by atoms with Crippen molar-refractivity contribution in [1.82, 2.24) is 4.84 Å². The highest BCUT2D eigenvalue weighted by Gasteiger charge is 2.23. The first kappa shape index (κ1) is 13.6. The lowest BCUT2D eigenvalue weighted by Gasteiger charge is -2.20. The Morgan fingerprint density at radius 2 is 2.17 bits per heavy atom. The maximum Gasteiger partial charge on any atom is 0.165 e. The molecule has 0 spiro atoms. The third kappa shape index (κ3) is 3.36. The molecule has 0 aliphatic heterocycles. The zero-order valence-corrected chi connectivity index (χ0v) is 11.5. The van der Waals surface area contributed by atoms with E-state index in [4.69, 9.17) is 16.5 Å². The van der Waals surface area contributed by atoms with Crippen LogP contribution in [0.15, 0.2) is 18.2 Å². The maximum absolute atomic E-state index is 13.6. The summed E-state index contributed by atoms with van der Waals surface area (Å²) >= 11 is 5.74. The van der Waals surface area contributed by atoms with Crippen LogP contribution < -0.4 is 9.57 Å². The Labute approximate surface area is 113 Å². The molecule has 1 atom stereocenters. The van der Waals surface area contributed by atoms with Crippen LogP contribution in [0.5, 0.6) is 5.75 Å². The van der Waals surface area contributed by atoms with Gasteiger partial charge in [-0.05, 0) is 54.2 Å². The minimum absolute atomic E-state index is 0.00413. The molecule has 1 saturated carbocycles. The highest BCUT2D eigenvalue weighted by Crippen LogP contribution is 2.32. The lowest BCUT2D eigenvalue weighted by molar-refractivity contribution is 0.284. The number of benzene rings is 1. The van der Waals surface area contributed by atoms with Gasteiger partial charge in [0.15, 0.2) is 11.6 Å². The monoisotopic (exact) mass is 271 g/mol. The van der Waals surface area contributed by atoms with Crippen molar-refractivity contribution in [3.8, 4) is 5.75 Å². The van der Waals surface area contributed by atoms with E-state index in [-0.39, 0.29) is 11.9 Å². The van der Waals surface area contributed by atoms with Gasteiger partial charge in [-0.1, -0.05) is 19.9 Å². The SMILES string of the molecule is CC(C)[C@H](NCl)c1ccc(F)c(OCC2CC2)c1. The Kier molecular flexibility index (Phi) is 4.46. The Hall–Kier alpha value is -0.800. The second-order valence-electron chi connectivity index (χ2n) is 5.28. The molecule has 0 saturated heterocycles. The molecule has 1 aliphatic carbocycles. The van der Waals surface area contributed by atoms with Crippen LogP contribution >= 0.6 is 11.8 Å². The summed E-state index contributed by atoms with van der Waals surface area (Å²) in [5.74, 6) is 0.956. The summed E-state index contributed by atoms with van der Waals surface area (Å²) in [5.41, 5.74) is 0.951. The van der Waals surface area contributed by atoms with Gasteiger partial charge in [-0.15, -0.1) is 0 Å². The minimum atomic E-state index is -0.309. The third-order valence-electron chi connectivity index (χ3n) is 3.27. The van der Waals surface area contributed by atoms with Gasteiger partial charge in [0, 0.05) is 6.04 Å². The first-order valence-corrected chi connectivity index (χ1v) is 6.78. The number of halogens is 2. The molecule has 0 amide bonds. The van der Waals surface area contributed by atoms with E-state index in [9.17, 15) is 4.39 Å². The van der Waals surface area contributed by atoms with Gasteiger partial charge >= 0.3 is 0 Å². The van der Waals surface area contributed by atoms with Gasteiger partial charge in [0.05, 0.1) is 6.61 Å². The second-order valence-corrected chi connectivity index (χ2v) is 5.49. The normalized spacial score (nSPS) is 16.9. The average Bonchev–Trinajstić information content (AvgIpc) is 3.14. The van der Waals surface area contributed by atoms with E-state index in [0.29, 0.717) is 24.2 Å². The summed E-state index contributed by atoms with van der Waals surface area (Å²) in [6.45, 7) is 4.74. The lowest BCUT2D eigenvalue weighted by Crippen LogP contribution is -2.17. The Bertz CT molecular complexity index is 407. The van der Waals surface area contributed by atoms with E-state index in [1.165, 1.54) is 18.9 Å². The fourth-order valence-electron chi connectivity index (χ4n) is 1.89. The van der Waals surface area contributed by atoms with Crippen molar-refractivity contribution in [3.05, 3.63) is 29.6 Å². The van der Waals surface area contributed by atoms with Crippen LogP contribution in [0.25, 0.3) is 0 Å². The Morgan fingerprint density at radius 1 is 1.44 bits per heavy atom. The molecule has 0 radical (unpaired) electrons. The molecule has 1 aliphatic rings. The molecule has 1 N–H and O–H groups in total. The van der Waals surface area contributed by atoms with Crippen LogP contribution in [0.3, 0.4) is 0 Å². The fourth-order valence-corrected chi connectivity index (χ4v) is 2.27. The topological polar surface area (TPSA) is 21.3 Å². The smallest absolute Gasteiger partial charge is 0.165 e. The van der Waals surface area contributed by atoms with E-state index in [1.54, 1.807) is 12.1 Å². The molecule has 1 aromatic carbocycles. The lowest BCUT2D eigenvalue weighted by atomic mass is 9.97. The molecule has 0 bridgehead atoms. The fraction of sp³-hybridized carbons (Fsp3) is 0.571. The summed E-state index contributed by atoms with van der Waals surface area (Å²) in [5, 5.41) is 0. The summed E-state index contributed by atoms with van der Waals surface area (Å²) in [7, 11) is 0. The zero-order chi connectivity index (χ0) is 13.1. The zero-order valence-electron chi connectivity index (χ0n) is 10.7. The summed E-state index contributed by atoms with van der Waals surface area (Å²) in [4.78, 5) is 2.74. The largest absolute Gasteiger partial charge is 0.490 e. The summed E-state index contributed by atoms with van der Waals surface area (Å²) in [6, 6.07) is 4.94. The van der Waals surface area contributed by atoms with Crippen molar-refractivity contribution >= 4 is 11.8 Å². The van der Waals surface area contributed by atoms with Crippen molar-refractivity contribution in [1.29, 1.82) is 0 Å². The van der Waals surface area contributed by atoms with Crippen molar-refractivity contribution in [2.75, 3.05) is 6.61 Å². The van der Waals surface area contributed by atoms with Crippen molar-refractivity contribution < 1.29 is 9.13 Å². The summed E-state index contributed by atoms with van der Waals surface area (Å²) < 4.78 is 19.2. The highest BCUT2D eigenvalue weighted by molar-refractivity contribution is 6.13. The molecule has 0 heterocycles. The van der Waals surface area contributed by atoms with E-state index >= 15 is 0 Å². The molecule has 1 aromatic rings. The molecule has 2 rings (SSSR count). The van der Waals surface area contributed by atoms with Gasteiger partial charge in [-0.3, -0.25) is 0 Å². The average molecular weight is 272 g/mol. The van der Waals surface area contributed by atoms with Crippen molar-refractivity contribution in [2.24, 2.45) is 11.8 Å². The quantitative estimate of drug-likeness (QED) is 0.788. The van der Waals surface area contributed by atoms with Gasteiger partial charge in [-0.25, -0.2) is 9.23 Å². The molecular formula is C14H19ClFNO. The number of rotatable bonds is 6. The van der Waals surface area contributed by atoms with E-state index < -0.39 is 0 Å². The number of hydrogen-bond donors (Lipinski definition) is 1. The van der Waals surface area contributed by atoms with Gasteiger partial charge in [0.2, 0.25) is 0 Å². The first-order valence-electron chi connectivity index (χ1n) is 6.40. The van der Waals surface area contributed by atoms with Crippen molar-refractivity contribution in [2.45, 2.75) is 32.7 Å². The molecule has 18 heavy (non-hydrogen) atoms. The first-order chi connectivity index (χ1) is 8.61. The molecule has 100 valence electrons. The second kappa shape index (κ2) is 5.89. The number of ether oxygens (including phenoxy) is 1. The summed E-state index contributed by atoms with van der Waals surface area (Å²) in [6.07, 6.45) is 2.39. The highest BCUT2D eigenvalue weighted by atomic mass is 35.5. The molecule has 2 nitrogen and oxygen atoms in total.